The minimum absolute atomic E-state index is 0.325. The molecule has 1 atom stereocenters. The van der Waals surface area contributed by atoms with Gasteiger partial charge < -0.3 is 15.4 Å². The van der Waals surface area contributed by atoms with Crippen LogP contribution in [-0.2, 0) is 11.2 Å². The molecule has 0 spiro atoms. The lowest BCUT2D eigenvalue weighted by atomic mass is 10.0. The normalized spacial score (nSPS) is 12.3. The molecule has 0 aliphatic rings. The molecule has 0 aliphatic carbocycles. The van der Waals surface area contributed by atoms with E-state index in [4.69, 9.17) is 0 Å². The minimum Gasteiger partial charge on any atom is -0.480 e. The first kappa shape index (κ1) is 18.3. The molecule has 3 heterocycles. The van der Waals surface area contributed by atoms with Crippen LogP contribution in [0.1, 0.15) is 5.56 Å². The number of benzene rings is 2. The number of hydrogen-bond acceptors (Lipinski definition) is 5. The number of carbonyl (C=O) groups is 1. The Balaban J connectivity index is 1.54. The molecule has 0 aliphatic heterocycles. The first-order valence-electron chi connectivity index (χ1n) is 9.54. The molecule has 30 heavy (non-hydrogen) atoms. The first-order chi connectivity index (χ1) is 14.7. The number of nitrogens with zero attached hydrogens (tertiary/aromatic N) is 2. The summed E-state index contributed by atoms with van der Waals surface area (Å²) in [6, 6.07) is 18.6. The van der Waals surface area contributed by atoms with Crippen molar-refractivity contribution in [3.63, 3.8) is 0 Å². The summed E-state index contributed by atoms with van der Waals surface area (Å²) in [7, 11) is 0. The Morgan fingerprint density at radius 1 is 1.03 bits per heavy atom. The largest absolute Gasteiger partial charge is 0.480 e. The molecule has 0 radical (unpaired) electrons. The molecule has 6 nitrogen and oxygen atoms in total. The lowest BCUT2D eigenvalue weighted by Gasteiger charge is -2.17. The molecule has 2 aromatic carbocycles. The number of anilines is 1. The van der Waals surface area contributed by atoms with Gasteiger partial charge in [0, 0.05) is 28.9 Å². The Morgan fingerprint density at radius 3 is 2.63 bits per heavy atom. The van der Waals surface area contributed by atoms with Gasteiger partial charge in [-0.1, -0.05) is 36.4 Å². The number of hydrogen-bond donors (Lipinski definition) is 3. The molecule has 3 aromatic heterocycles. The number of aromatic nitrogens is 3. The summed E-state index contributed by atoms with van der Waals surface area (Å²) in [6.45, 7) is 0. The lowest BCUT2D eigenvalue weighted by molar-refractivity contribution is -0.137. The van der Waals surface area contributed by atoms with Crippen LogP contribution in [0.25, 0.3) is 32.5 Å². The van der Waals surface area contributed by atoms with Crippen LogP contribution in [-0.4, -0.2) is 32.1 Å². The third-order valence-corrected chi connectivity index (χ3v) is 5.92. The van der Waals surface area contributed by atoms with Crippen molar-refractivity contribution in [3.05, 3.63) is 77.8 Å². The average molecular weight is 414 g/mol. The van der Waals surface area contributed by atoms with E-state index in [1.807, 2.05) is 72.2 Å². The van der Waals surface area contributed by atoms with E-state index in [9.17, 15) is 9.90 Å². The number of thiophene rings is 1. The molecule has 0 fully saturated rings. The van der Waals surface area contributed by atoms with E-state index in [1.165, 1.54) is 0 Å². The van der Waals surface area contributed by atoms with Crippen LogP contribution >= 0.6 is 11.3 Å². The molecule has 148 valence electrons. The molecule has 5 rings (SSSR count). The highest BCUT2D eigenvalue weighted by molar-refractivity contribution is 7.13. The maximum absolute atomic E-state index is 12.1. The van der Waals surface area contributed by atoms with E-state index < -0.39 is 12.0 Å². The Morgan fingerprint density at radius 2 is 1.83 bits per heavy atom. The van der Waals surface area contributed by atoms with Gasteiger partial charge in [0.1, 0.15) is 11.9 Å². The van der Waals surface area contributed by atoms with Gasteiger partial charge in [-0.3, -0.25) is 0 Å². The van der Waals surface area contributed by atoms with Crippen LogP contribution in [0, 0.1) is 0 Å². The number of aliphatic carboxylic acids is 1. The van der Waals surface area contributed by atoms with Gasteiger partial charge in [-0.15, -0.1) is 11.3 Å². The number of carboxylic acid groups (broad SMARTS) is 1. The lowest BCUT2D eigenvalue weighted by Crippen LogP contribution is -2.32. The van der Waals surface area contributed by atoms with E-state index in [0.29, 0.717) is 18.1 Å². The molecule has 0 saturated heterocycles. The Hall–Kier alpha value is -3.71. The highest BCUT2D eigenvalue weighted by Crippen LogP contribution is 2.28. The number of para-hydroxylation sites is 2. The smallest absolute Gasteiger partial charge is 0.326 e. The summed E-state index contributed by atoms with van der Waals surface area (Å²) in [6.07, 6.45) is 2.20. The predicted octanol–water partition coefficient (Wildman–Crippen LogP) is 4.95. The van der Waals surface area contributed by atoms with E-state index in [0.717, 1.165) is 32.2 Å². The molecule has 7 heteroatoms. The van der Waals surface area contributed by atoms with Crippen LogP contribution in [0.2, 0.25) is 0 Å². The van der Waals surface area contributed by atoms with Gasteiger partial charge >= 0.3 is 5.97 Å². The molecule has 0 saturated carbocycles. The fourth-order valence-corrected chi connectivity index (χ4v) is 4.25. The summed E-state index contributed by atoms with van der Waals surface area (Å²) >= 11 is 1.55. The fourth-order valence-electron chi connectivity index (χ4n) is 3.59. The van der Waals surface area contributed by atoms with Crippen molar-refractivity contribution in [1.82, 2.24) is 15.0 Å². The summed E-state index contributed by atoms with van der Waals surface area (Å²) in [5.41, 5.74) is 2.71. The van der Waals surface area contributed by atoms with Crippen LogP contribution in [0.15, 0.2) is 72.2 Å². The van der Waals surface area contributed by atoms with E-state index >= 15 is 0 Å². The number of rotatable bonds is 6. The first-order valence-corrected chi connectivity index (χ1v) is 10.4. The third kappa shape index (κ3) is 3.40. The summed E-state index contributed by atoms with van der Waals surface area (Å²) in [5.74, 6) is 0.180. The second-order valence-corrected chi connectivity index (χ2v) is 7.94. The van der Waals surface area contributed by atoms with Gasteiger partial charge in [0.05, 0.1) is 10.4 Å². The topological polar surface area (TPSA) is 90.9 Å². The Bertz CT molecular complexity index is 1340. The Labute approximate surface area is 176 Å². The third-order valence-electron chi connectivity index (χ3n) is 5.05. The number of nitrogens with one attached hydrogen (secondary N) is 2. The van der Waals surface area contributed by atoms with Gasteiger partial charge in [0.25, 0.3) is 0 Å². The predicted molar refractivity (Wildman–Crippen MR) is 120 cm³/mol. The van der Waals surface area contributed by atoms with Gasteiger partial charge in [-0.2, -0.15) is 0 Å². The monoisotopic (exact) mass is 414 g/mol. The zero-order valence-corrected chi connectivity index (χ0v) is 16.7. The van der Waals surface area contributed by atoms with Crippen molar-refractivity contribution in [1.29, 1.82) is 0 Å². The summed E-state index contributed by atoms with van der Waals surface area (Å²) < 4.78 is 0. The van der Waals surface area contributed by atoms with Crippen LogP contribution in [0.3, 0.4) is 0 Å². The molecule has 3 N–H and O–H groups in total. The standard InChI is InChI=1S/C23H18N4O2S/c28-23(29)19(12-14-13-24-17-8-3-1-6-15(14)17)26-21-16-7-2-4-9-18(16)25-22(27-21)20-10-5-11-30-20/h1-11,13,19,24H,12H2,(H,28,29)(H,25,26,27). The summed E-state index contributed by atoms with van der Waals surface area (Å²) in [4.78, 5) is 25.6. The number of aromatic amines is 1. The summed E-state index contributed by atoms with van der Waals surface area (Å²) in [5, 5.41) is 16.9. The number of carboxylic acids is 1. The molecule has 0 amide bonds. The molecule has 1 unspecified atom stereocenters. The van der Waals surface area contributed by atoms with Gasteiger partial charge in [0.15, 0.2) is 5.82 Å². The molecule has 0 bridgehead atoms. The number of fused-ring (bicyclic) bond motifs is 2. The molecule has 5 aromatic rings. The second kappa shape index (κ2) is 7.61. The maximum atomic E-state index is 12.1. The highest BCUT2D eigenvalue weighted by Gasteiger charge is 2.22. The van der Waals surface area contributed by atoms with E-state index in [1.54, 1.807) is 11.3 Å². The van der Waals surface area contributed by atoms with Crippen LogP contribution in [0.5, 0.6) is 0 Å². The quantitative estimate of drug-likeness (QED) is 0.366. The van der Waals surface area contributed by atoms with Crippen LogP contribution in [0.4, 0.5) is 5.82 Å². The van der Waals surface area contributed by atoms with Crippen molar-refractivity contribution in [2.45, 2.75) is 12.5 Å². The van der Waals surface area contributed by atoms with Crippen molar-refractivity contribution in [2.75, 3.05) is 5.32 Å². The van der Waals surface area contributed by atoms with E-state index in [2.05, 4.69) is 20.3 Å². The SMILES string of the molecule is O=C(O)C(Cc1c[nH]c2ccccc12)Nc1nc(-c2cccs2)nc2ccccc12. The minimum atomic E-state index is -0.930. The van der Waals surface area contributed by atoms with Crippen molar-refractivity contribution in [3.8, 4) is 10.7 Å². The molecular formula is C23H18N4O2S. The fraction of sp³-hybridized carbons (Fsp3) is 0.0870. The number of H-pyrrole nitrogens is 1. The average Bonchev–Trinajstić information content (AvgIpc) is 3.44. The van der Waals surface area contributed by atoms with Crippen molar-refractivity contribution in [2.24, 2.45) is 0 Å². The van der Waals surface area contributed by atoms with Crippen molar-refractivity contribution >= 4 is 44.9 Å². The zero-order valence-electron chi connectivity index (χ0n) is 15.9. The second-order valence-electron chi connectivity index (χ2n) is 6.99. The molecular weight excluding hydrogens is 396 g/mol. The van der Waals surface area contributed by atoms with E-state index in [-0.39, 0.29) is 0 Å². The Kier molecular flexibility index (Phi) is 4.65. The van der Waals surface area contributed by atoms with Gasteiger partial charge in [-0.25, -0.2) is 14.8 Å². The van der Waals surface area contributed by atoms with Crippen LogP contribution < -0.4 is 5.32 Å². The zero-order chi connectivity index (χ0) is 20.5. The van der Waals surface area contributed by atoms with Crippen molar-refractivity contribution < 1.29 is 9.90 Å². The van der Waals surface area contributed by atoms with Gasteiger partial charge in [0.2, 0.25) is 0 Å². The highest BCUT2D eigenvalue weighted by atomic mass is 32.1. The maximum Gasteiger partial charge on any atom is 0.326 e. The van der Waals surface area contributed by atoms with Gasteiger partial charge in [-0.05, 0) is 35.2 Å².